The number of benzene rings is 1. The fourth-order valence-corrected chi connectivity index (χ4v) is 4.49. The number of anilines is 1. The summed E-state index contributed by atoms with van der Waals surface area (Å²) in [6, 6.07) is 5.44. The quantitative estimate of drug-likeness (QED) is 0.889. The molecule has 128 valence electrons. The zero-order valence-corrected chi connectivity index (χ0v) is 14.1. The molecule has 1 aromatic heterocycles. The molecule has 24 heavy (non-hydrogen) atoms. The van der Waals surface area contributed by atoms with Gasteiger partial charge in [0.2, 0.25) is 0 Å². The second kappa shape index (κ2) is 6.52. The molecule has 3 rings (SSSR count). The Balaban J connectivity index is 1.78. The van der Waals surface area contributed by atoms with Crippen LogP contribution < -0.4 is 10.9 Å². The number of hydrogen-bond donors (Lipinski definition) is 1. The maximum atomic E-state index is 12.9. The summed E-state index contributed by atoms with van der Waals surface area (Å²) in [5, 5.41) is 6.98. The topological polar surface area (TPSA) is 81.1 Å². The Morgan fingerprint density at radius 3 is 2.67 bits per heavy atom. The molecular formula is C15H15ClFN3O3S. The van der Waals surface area contributed by atoms with Gasteiger partial charge in [0.25, 0.3) is 5.56 Å². The van der Waals surface area contributed by atoms with Crippen LogP contribution in [-0.4, -0.2) is 29.7 Å². The zero-order chi connectivity index (χ0) is 17.3. The average molecular weight is 372 g/mol. The van der Waals surface area contributed by atoms with Crippen molar-refractivity contribution in [3.8, 4) is 0 Å². The summed E-state index contributed by atoms with van der Waals surface area (Å²) in [4.78, 5) is 12.3. The highest BCUT2D eigenvalue weighted by Crippen LogP contribution is 2.23. The molecule has 0 aliphatic carbocycles. The molecule has 0 unspecified atom stereocenters. The van der Waals surface area contributed by atoms with Crippen molar-refractivity contribution in [3.63, 3.8) is 0 Å². The molecule has 2 heterocycles. The lowest BCUT2D eigenvalue weighted by Gasteiger charge is -2.13. The van der Waals surface area contributed by atoms with Gasteiger partial charge in [-0.05, 0) is 24.1 Å². The Labute approximate surface area is 143 Å². The van der Waals surface area contributed by atoms with Crippen molar-refractivity contribution in [1.29, 1.82) is 0 Å². The molecule has 0 saturated carbocycles. The monoisotopic (exact) mass is 371 g/mol. The van der Waals surface area contributed by atoms with Crippen LogP contribution in [0, 0.1) is 5.82 Å². The average Bonchev–Trinajstić information content (AvgIpc) is 2.90. The predicted molar refractivity (Wildman–Crippen MR) is 89.5 cm³/mol. The highest BCUT2D eigenvalue weighted by Gasteiger charge is 2.31. The minimum Gasteiger partial charge on any atom is -0.378 e. The molecule has 1 atom stereocenters. The first-order valence-corrected chi connectivity index (χ1v) is 9.52. The lowest BCUT2D eigenvalue weighted by Crippen LogP contribution is -2.29. The Morgan fingerprint density at radius 1 is 1.33 bits per heavy atom. The maximum absolute atomic E-state index is 12.9. The Bertz CT molecular complexity index is 913. The molecule has 1 saturated heterocycles. The molecule has 0 radical (unpaired) electrons. The third kappa shape index (κ3) is 3.59. The SMILES string of the molecule is O=c1c(Cl)c(NCc2ccc(F)cc2)cnn1[C@H]1CCS(=O)(=O)C1. The van der Waals surface area contributed by atoms with E-state index in [0.29, 0.717) is 18.7 Å². The van der Waals surface area contributed by atoms with Crippen LogP contribution in [0.3, 0.4) is 0 Å². The first-order valence-electron chi connectivity index (χ1n) is 7.32. The normalized spacial score (nSPS) is 19.3. The molecular weight excluding hydrogens is 357 g/mol. The van der Waals surface area contributed by atoms with Gasteiger partial charge >= 0.3 is 0 Å². The van der Waals surface area contributed by atoms with E-state index < -0.39 is 21.4 Å². The van der Waals surface area contributed by atoms with Crippen LogP contribution in [0.5, 0.6) is 0 Å². The van der Waals surface area contributed by atoms with Crippen molar-refractivity contribution in [2.24, 2.45) is 0 Å². The van der Waals surface area contributed by atoms with Crippen molar-refractivity contribution >= 4 is 27.1 Å². The van der Waals surface area contributed by atoms with Gasteiger partial charge < -0.3 is 5.32 Å². The molecule has 1 fully saturated rings. The summed E-state index contributed by atoms with van der Waals surface area (Å²) in [6.45, 7) is 0.350. The van der Waals surface area contributed by atoms with Gasteiger partial charge in [0, 0.05) is 6.54 Å². The standard InChI is InChI=1S/C15H15ClFN3O3S/c16-14-13(18-7-10-1-3-11(17)4-2-10)8-19-20(15(14)21)12-5-6-24(22,23)9-12/h1-4,8,12,18H,5-7,9H2/t12-/m0/s1. The van der Waals surface area contributed by atoms with Crippen LogP contribution in [0.4, 0.5) is 10.1 Å². The van der Waals surface area contributed by atoms with E-state index in [4.69, 9.17) is 11.6 Å². The fourth-order valence-electron chi connectivity index (χ4n) is 2.60. The van der Waals surface area contributed by atoms with Gasteiger partial charge in [-0.1, -0.05) is 23.7 Å². The van der Waals surface area contributed by atoms with Crippen LogP contribution in [0.1, 0.15) is 18.0 Å². The summed E-state index contributed by atoms with van der Waals surface area (Å²) >= 11 is 6.09. The zero-order valence-electron chi connectivity index (χ0n) is 12.6. The predicted octanol–water partition coefficient (Wildman–Crippen LogP) is 2.01. The van der Waals surface area contributed by atoms with E-state index in [9.17, 15) is 17.6 Å². The molecule has 1 aliphatic rings. The van der Waals surface area contributed by atoms with Gasteiger partial charge in [-0.2, -0.15) is 5.10 Å². The first-order chi connectivity index (χ1) is 11.4. The summed E-state index contributed by atoms with van der Waals surface area (Å²) in [5.74, 6) is -0.375. The smallest absolute Gasteiger partial charge is 0.287 e. The van der Waals surface area contributed by atoms with Gasteiger partial charge in [0.05, 0.1) is 29.4 Å². The molecule has 1 aromatic carbocycles. The summed E-state index contributed by atoms with van der Waals surface area (Å²) in [6.07, 6.45) is 1.76. The fraction of sp³-hybridized carbons (Fsp3) is 0.333. The van der Waals surface area contributed by atoms with Crippen LogP contribution in [0.2, 0.25) is 5.02 Å². The summed E-state index contributed by atoms with van der Waals surface area (Å²) in [5.41, 5.74) is 0.643. The first kappa shape index (κ1) is 16.9. The molecule has 2 aromatic rings. The van der Waals surface area contributed by atoms with Crippen molar-refractivity contribution in [3.05, 3.63) is 57.2 Å². The summed E-state index contributed by atoms with van der Waals surface area (Å²) in [7, 11) is -3.12. The van der Waals surface area contributed by atoms with Gasteiger partial charge in [0.1, 0.15) is 10.8 Å². The number of nitrogens with zero attached hydrogens (tertiary/aromatic N) is 2. The minimum atomic E-state index is -3.12. The number of aromatic nitrogens is 2. The van der Waals surface area contributed by atoms with E-state index in [-0.39, 0.29) is 22.3 Å². The lowest BCUT2D eigenvalue weighted by atomic mass is 10.2. The third-order valence-electron chi connectivity index (χ3n) is 3.89. The second-order valence-electron chi connectivity index (χ2n) is 5.66. The minimum absolute atomic E-state index is 0.0450. The van der Waals surface area contributed by atoms with Crippen LogP contribution in [0.15, 0.2) is 35.3 Å². The van der Waals surface area contributed by atoms with Crippen molar-refractivity contribution in [2.45, 2.75) is 19.0 Å². The molecule has 1 N–H and O–H groups in total. The maximum Gasteiger partial charge on any atom is 0.287 e. The van der Waals surface area contributed by atoms with Crippen LogP contribution in [0.25, 0.3) is 0 Å². The van der Waals surface area contributed by atoms with E-state index in [1.807, 2.05) is 0 Å². The molecule has 9 heteroatoms. The largest absolute Gasteiger partial charge is 0.378 e. The third-order valence-corrected chi connectivity index (χ3v) is 6.01. The number of halogens is 2. The van der Waals surface area contributed by atoms with Crippen LogP contribution in [-0.2, 0) is 16.4 Å². The Kier molecular flexibility index (Phi) is 4.60. The number of sulfone groups is 1. The second-order valence-corrected chi connectivity index (χ2v) is 8.27. The van der Waals surface area contributed by atoms with E-state index in [1.165, 1.54) is 18.3 Å². The Hall–Kier alpha value is -1.93. The highest BCUT2D eigenvalue weighted by molar-refractivity contribution is 7.91. The summed E-state index contributed by atoms with van der Waals surface area (Å²) < 4.78 is 37.1. The molecule has 6 nitrogen and oxygen atoms in total. The molecule has 0 spiro atoms. The van der Waals surface area contributed by atoms with Crippen molar-refractivity contribution in [1.82, 2.24) is 9.78 Å². The van der Waals surface area contributed by atoms with E-state index in [2.05, 4.69) is 10.4 Å². The highest BCUT2D eigenvalue weighted by atomic mass is 35.5. The van der Waals surface area contributed by atoms with Crippen molar-refractivity contribution < 1.29 is 12.8 Å². The van der Waals surface area contributed by atoms with Crippen LogP contribution >= 0.6 is 11.6 Å². The molecule has 1 aliphatic heterocycles. The lowest BCUT2D eigenvalue weighted by molar-refractivity contribution is 0.474. The van der Waals surface area contributed by atoms with E-state index in [1.54, 1.807) is 12.1 Å². The number of nitrogens with one attached hydrogen (secondary N) is 1. The van der Waals surface area contributed by atoms with E-state index >= 15 is 0 Å². The van der Waals surface area contributed by atoms with Gasteiger partial charge in [-0.25, -0.2) is 17.5 Å². The van der Waals surface area contributed by atoms with E-state index in [0.717, 1.165) is 10.2 Å². The number of hydrogen-bond acceptors (Lipinski definition) is 5. The van der Waals surface area contributed by atoms with Gasteiger partial charge in [-0.3, -0.25) is 4.79 Å². The van der Waals surface area contributed by atoms with Gasteiger partial charge in [0.15, 0.2) is 9.84 Å². The molecule has 0 bridgehead atoms. The molecule has 0 amide bonds. The Morgan fingerprint density at radius 2 is 2.04 bits per heavy atom. The van der Waals surface area contributed by atoms with Gasteiger partial charge in [-0.15, -0.1) is 0 Å². The van der Waals surface area contributed by atoms with Crippen molar-refractivity contribution in [2.75, 3.05) is 16.8 Å². The number of rotatable bonds is 4.